The summed E-state index contributed by atoms with van der Waals surface area (Å²) in [6, 6.07) is 15.3. The van der Waals surface area contributed by atoms with E-state index in [9.17, 15) is 13.2 Å². The molecule has 0 spiro atoms. The van der Waals surface area contributed by atoms with Crippen molar-refractivity contribution in [3.8, 4) is 0 Å². The maximum atomic E-state index is 12.9. The molecule has 0 bridgehead atoms. The van der Waals surface area contributed by atoms with Gasteiger partial charge in [0.05, 0.1) is 28.2 Å². The number of morpholine rings is 1. The third-order valence-corrected chi connectivity index (χ3v) is 7.03. The van der Waals surface area contributed by atoms with Gasteiger partial charge in [-0.05, 0) is 44.2 Å². The van der Waals surface area contributed by atoms with Crippen LogP contribution in [0.4, 0.5) is 0 Å². The number of esters is 1. The number of carbonyl (C=O) groups excluding carboxylic acids is 1. The first kappa shape index (κ1) is 21.4. The van der Waals surface area contributed by atoms with Crippen LogP contribution < -0.4 is 0 Å². The summed E-state index contributed by atoms with van der Waals surface area (Å²) in [6.45, 7) is 4.38. The molecule has 1 aliphatic heterocycles. The van der Waals surface area contributed by atoms with Gasteiger partial charge >= 0.3 is 5.97 Å². The lowest BCUT2D eigenvalue weighted by Crippen LogP contribution is -2.48. The Morgan fingerprint density at radius 1 is 1.06 bits per heavy atom. The SMILES string of the molecule is CC1CN(S(=O)(=O)c2ccc(C(=O)OCc3cccc4cccnc34)cc2)CC(C)O1. The third kappa shape index (κ3) is 4.61. The van der Waals surface area contributed by atoms with Crippen molar-refractivity contribution in [2.24, 2.45) is 0 Å². The van der Waals surface area contributed by atoms with E-state index in [0.29, 0.717) is 13.1 Å². The van der Waals surface area contributed by atoms with Gasteiger partial charge < -0.3 is 9.47 Å². The van der Waals surface area contributed by atoms with Crippen LogP contribution >= 0.6 is 0 Å². The molecule has 1 fully saturated rings. The Morgan fingerprint density at radius 3 is 2.45 bits per heavy atom. The summed E-state index contributed by atoms with van der Waals surface area (Å²) < 4.78 is 38.4. The zero-order chi connectivity index (χ0) is 22.0. The predicted octanol–water partition coefficient (Wildman–Crippen LogP) is 3.39. The molecule has 1 aromatic heterocycles. The van der Waals surface area contributed by atoms with Gasteiger partial charge in [-0.15, -0.1) is 0 Å². The van der Waals surface area contributed by atoms with Gasteiger partial charge in [0.1, 0.15) is 6.61 Å². The quantitative estimate of drug-likeness (QED) is 0.566. The lowest BCUT2D eigenvalue weighted by molar-refractivity contribution is -0.0440. The highest BCUT2D eigenvalue weighted by Gasteiger charge is 2.32. The van der Waals surface area contributed by atoms with Gasteiger partial charge in [0.15, 0.2) is 0 Å². The highest BCUT2D eigenvalue weighted by atomic mass is 32.2. The van der Waals surface area contributed by atoms with Crippen LogP contribution in [-0.4, -0.2) is 49.0 Å². The number of rotatable bonds is 5. The van der Waals surface area contributed by atoms with Crippen LogP contribution in [0.5, 0.6) is 0 Å². The van der Waals surface area contributed by atoms with Gasteiger partial charge in [0.25, 0.3) is 0 Å². The molecule has 2 atom stereocenters. The first-order valence-electron chi connectivity index (χ1n) is 10.1. The van der Waals surface area contributed by atoms with Gasteiger partial charge in [0, 0.05) is 30.2 Å². The molecule has 4 rings (SSSR count). The predicted molar refractivity (Wildman–Crippen MR) is 116 cm³/mol. The largest absolute Gasteiger partial charge is 0.457 e. The van der Waals surface area contributed by atoms with Gasteiger partial charge in [-0.3, -0.25) is 4.98 Å². The number of aromatic nitrogens is 1. The van der Waals surface area contributed by atoms with Crippen LogP contribution in [-0.2, 0) is 26.1 Å². The molecule has 0 aliphatic carbocycles. The molecule has 0 saturated carbocycles. The van der Waals surface area contributed by atoms with E-state index < -0.39 is 16.0 Å². The third-order valence-electron chi connectivity index (χ3n) is 5.19. The Hall–Kier alpha value is -2.81. The fourth-order valence-corrected chi connectivity index (χ4v) is 5.34. The van der Waals surface area contributed by atoms with Gasteiger partial charge in [-0.1, -0.05) is 24.3 Å². The topological polar surface area (TPSA) is 85.8 Å². The zero-order valence-corrected chi connectivity index (χ0v) is 18.2. The molecule has 162 valence electrons. The summed E-state index contributed by atoms with van der Waals surface area (Å²) in [7, 11) is -3.66. The van der Waals surface area contributed by atoms with Crippen molar-refractivity contribution in [1.29, 1.82) is 0 Å². The molecule has 0 amide bonds. The van der Waals surface area contributed by atoms with E-state index in [0.717, 1.165) is 16.5 Å². The van der Waals surface area contributed by atoms with Crippen molar-refractivity contribution in [3.63, 3.8) is 0 Å². The molecule has 1 aliphatic rings. The van der Waals surface area contributed by atoms with Crippen LogP contribution in [0, 0.1) is 0 Å². The second kappa shape index (κ2) is 8.74. The Labute approximate surface area is 181 Å². The maximum Gasteiger partial charge on any atom is 0.338 e. The van der Waals surface area contributed by atoms with Crippen molar-refractivity contribution in [1.82, 2.24) is 9.29 Å². The molecule has 2 aromatic carbocycles. The molecule has 2 heterocycles. The number of benzene rings is 2. The standard InChI is InChI=1S/C23H24N2O5S/c1-16-13-25(14-17(2)30-16)31(27,28)21-10-8-19(9-11-21)23(26)29-15-20-6-3-5-18-7-4-12-24-22(18)20/h3-12,16-17H,13-15H2,1-2H3. The number of ether oxygens (including phenoxy) is 2. The monoisotopic (exact) mass is 440 g/mol. The molecule has 0 N–H and O–H groups in total. The highest BCUT2D eigenvalue weighted by molar-refractivity contribution is 7.89. The fraction of sp³-hybridized carbons (Fsp3) is 0.304. The van der Waals surface area contributed by atoms with Gasteiger partial charge in [0.2, 0.25) is 10.0 Å². The van der Waals surface area contributed by atoms with E-state index in [4.69, 9.17) is 9.47 Å². The average molecular weight is 441 g/mol. The van der Waals surface area contributed by atoms with E-state index in [1.54, 1.807) is 6.20 Å². The highest BCUT2D eigenvalue weighted by Crippen LogP contribution is 2.22. The fourth-order valence-electron chi connectivity index (χ4n) is 3.75. The Morgan fingerprint density at radius 2 is 1.74 bits per heavy atom. The molecule has 8 heteroatoms. The summed E-state index contributed by atoms with van der Waals surface area (Å²) in [6.07, 6.45) is 1.36. The molecular formula is C23H24N2O5S. The van der Waals surface area contributed by atoms with E-state index in [-0.39, 0.29) is 29.3 Å². The van der Waals surface area contributed by atoms with Gasteiger partial charge in [-0.2, -0.15) is 4.31 Å². The van der Waals surface area contributed by atoms with Crippen LogP contribution in [0.25, 0.3) is 10.9 Å². The molecule has 1 saturated heterocycles. The number of nitrogens with zero attached hydrogens (tertiary/aromatic N) is 2. The minimum Gasteiger partial charge on any atom is -0.457 e. The molecule has 2 unspecified atom stereocenters. The number of sulfonamides is 1. The Balaban J connectivity index is 1.45. The van der Waals surface area contributed by atoms with Crippen LogP contribution in [0.1, 0.15) is 29.8 Å². The second-order valence-corrected chi connectivity index (χ2v) is 9.61. The summed E-state index contributed by atoms with van der Waals surface area (Å²) >= 11 is 0. The summed E-state index contributed by atoms with van der Waals surface area (Å²) in [5, 5.41) is 0.970. The lowest BCUT2D eigenvalue weighted by Gasteiger charge is -2.34. The summed E-state index contributed by atoms with van der Waals surface area (Å²) in [4.78, 5) is 17.0. The van der Waals surface area contributed by atoms with E-state index in [1.807, 2.05) is 44.2 Å². The number of carbonyl (C=O) groups is 1. The number of pyridine rings is 1. The van der Waals surface area contributed by atoms with E-state index in [2.05, 4.69) is 4.98 Å². The zero-order valence-electron chi connectivity index (χ0n) is 17.4. The first-order valence-corrected chi connectivity index (χ1v) is 11.5. The molecule has 3 aromatic rings. The van der Waals surface area contributed by atoms with Crippen LogP contribution in [0.2, 0.25) is 0 Å². The average Bonchev–Trinajstić information content (AvgIpc) is 2.77. The minimum atomic E-state index is -3.66. The molecular weight excluding hydrogens is 416 g/mol. The number of para-hydroxylation sites is 1. The van der Waals surface area contributed by atoms with E-state index >= 15 is 0 Å². The van der Waals surface area contributed by atoms with Crippen LogP contribution in [0.3, 0.4) is 0 Å². The lowest BCUT2D eigenvalue weighted by atomic mass is 10.1. The number of fused-ring (bicyclic) bond motifs is 1. The molecule has 7 nitrogen and oxygen atoms in total. The number of hydrogen-bond donors (Lipinski definition) is 0. The van der Waals surface area contributed by atoms with Crippen molar-refractivity contribution in [2.75, 3.05) is 13.1 Å². The smallest absolute Gasteiger partial charge is 0.338 e. The Bertz CT molecular complexity index is 1180. The van der Waals surface area contributed by atoms with Crippen molar-refractivity contribution in [3.05, 3.63) is 71.9 Å². The summed E-state index contributed by atoms with van der Waals surface area (Å²) in [5.74, 6) is -0.523. The summed E-state index contributed by atoms with van der Waals surface area (Å²) in [5.41, 5.74) is 1.88. The van der Waals surface area contributed by atoms with Crippen molar-refractivity contribution in [2.45, 2.75) is 37.6 Å². The van der Waals surface area contributed by atoms with Gasteiger partial charge in [-0.25, -0.2) is 13.2 Å². The minimum absolute atomic E-state index is 0.0802. The first-order chi connectivity index (χ1) is 14.8. The van der Waals surface area contributed by atoms with Crippen molar-refractivity contribution < 1.29 is 22.7 Å². The molecule has 31 heavy (non-hydrogen) atoms. The normalized spacial score (nSPS) is 19.9. The second-order valence-electron chi connectivity index (χ2n) is 7.67. The maximum absolute atomic E-state index is 12.9. The Kier molecular flexibility index (Phi) is 6.04. The van der Waals surface area contributed by atoms with Crippen molar-refractivity contribution >= 4 is 26.9 Å². The van der Waals surface area contributed by atoms with E-state index in [1.165, 1.54) is 28.6 Å². The molecule has 0 radical (unpaired) electrons. The van der Waals surface area contributed by atoms with Crippen LogP contribution in [0.15, 0.2) is 65.7 Å². The number of hydrogen-bond acceptors (Lipinski definition) is 6.